The summed E-state index contributed by atoms with van der Waals surface area (Å²) in [6.45, 7) is 0. The van der Waals surface area contributed by atoms with Crippen LogP contribution >= 0.6 is 11.8 Å². The fourth-order valence-corrected chi connectivity index (χ4v) is 4.31. The second-order valence-electron chi connectivity index (χ2n) is 7.12. The summed E-state index contributed by atoms with van der Waals surface area (Å²) in [5.74, 6) is 1.57. The summed E-state index contributed by atoms with van der Waals surface area (Å²) in [7, 11) is 0. The number of benzene rings is 1. The molecule has 3 aromatic rings. The molecule has 2 heterocycles. The van der Waals surface area contributed by atoms with E-state index in [1.165, 1.54) is 25.7 Å². The van der Waals surface area contributed by atoms with E-state index in [0.717, 1.165) is 28.8 Å². The molecule has 1 aromatic carbocycles. The lowest BCUT2D eigenvalue weighted by Gasteiger charge is -2.10. The molecule has 0 saturated heterocycles. The van der Waals surface area contributed by atoms with Crippen molar-refractivity contribution in [1.29, 1.82) is 0 Å². The van der Waals surface area contributed by atoms with Gasteiger partial charge in [0.05, 0.1) is 5.52 Å². The predicted octanol–water partition coefficient (Wildman–Crippen LogP) is 4.33. The van der Waals surface area contributed by atoms with Crippen LogP contribution in [0.15, 0.2) is 41.7 Å². The zero-order valence-corrected chi connectivity index (χ0v) is 16.5. The van der Waals surface area contributed by atoms with Gasteiger partial charge in [0.15, 0.2) is 0 Å². The lowest BCUT2D eigenvalue weighted by Crippen LogP contribution is -2.15. The van der Waals surface area contributed by atoms with Crippen molar-refractivity contribution in [1.82, 2.24) is 25.2 Å². The minimum absolute atomic E-state index is 0.124. The van der Waals surface area contributed by atoms with Crippen LogP contribution in [0.4, 0.5) is 5.69 Å². The number of anilines is 1. The largest absolute Gasteiger partial charge is 0.326 e. The van der Waals surface area contributed by atoms with Crippen molar-refractivity contribution < 1.29 is 4.79 Å². The Morgan fingerprint density at radius 1 is 1.32 bits per heavy atom. The van der Waals surface area contributed by atoms with Crippen molar-refractivity contribution in [2.24, 2.45) is 5.92 Å². The molecular weight excluding hydrogens is 372 g/mol. The SMILES string of the molecule is O=C(CC1CCCC1)Nc1ccc2ccn(C=CCCSc3nn[nH]n3)c2c1. The summed E-state index contributed by atoms with van der Waals surface area (Å²) in [6.07, 6.45) is 12.7. The van der Waals surface area contributed by atoms with Crippen molar-refractivity contribution in [3.8, 4) is 0 Å². The van der Waals surface area contributed by atoms with Gasteiger partial charge in [-0.25, -0.2) is 0 Å². The highest BCUT2D eigenvalue weighted by molar-refractivity contribution is 7.99. The van der Waals surface area contributed by atoms with Crippen LogP contribution < -0.4 is 5.32 Å². The molecule has 1 saturated carbocycles. The number of H-pyrrole nitrogens is 1. The Hall–Kier alpha value is -2.61. The maximum absolute atomic E-state index is 12.3. The second-order valence-corrected chi connectivity index (χ2v) is 8.18. The third-order valence-corrected chi connectivity index (χ3v) is 5.93. The molecule has 8 heteroatoms. The van der Waals surface area contributed by atoms with Gasteiger partial charge in [0.2, 0.25) is 11.1 Å². The van der Waals surface area contributed by atoms with Crippen molar-refractivity contribution in [2.75, 3.05) is 11.1 Å². The number of nitrogens with zero attached hydrogens (tertiary/aromatic N) is 4. The van der Waals surface area contributed by atoms with Gasteiger partial charge in [-0.05, 0) is 48.6 Å². The smallest absolute Gasteiger partial charge is 0.230 e. The summed E-state index contributed by atoms with van der Waals surface area (Å²) in [5.41, 5.74) is 1.94. The van der Waals surface area contributed by atoms with Gasteiger partial charge in [-0.3, -0.25) is 4.79 Å². The fraction of sp³-hybridized carbons (Fsp3) is 0.400. The standard InChI is InChI=1S/C20H24N6OS/c27-19(13-15-5-1-2-6-15)21-17-8-7-16-9-11-26(18(16)14-17)10-3-4-12-28-20-22-24-25-23-20/h3,7-11,14-15H,1-2,4-6,12-13H2,(H,21,27)(H,22,23,24,25). The van der Waals surface area contributed by atoms with Gasteiger partial charge in [0, 0.05) is 35.6 Å². The van der Waals surface area contributed by atoms with Gasteiger partial charge in [-0.2, -0.15) is 5.21 Å². The van der Waals surface area contributed by atoms with Crippen LogP contribution in [0, 0.1) is 5.92 Å². The molecule has 4 rings (SSSR count). The third-order valence-electron chi connectivity index (χ3n) is 5.06. The molecular formula is C20H24N6OS. The van der Waals surface area contributed by atoms with Gasteiger partial charge in [-0.15, -0.1) is 10.2 Å². The highest BCUT2D eigenvalue weighted by Gasteiger charge is 2.18. The number of thioether (sulfide) groups is 1. The first kappa shape index (κ1) is 18.7. The minimum Gasteiger partial charge on any atom is -0.326 e. The van der Waals surface area contributed by atoms with E-state index in [4.69, 9.17) is 0 Å². The summed E-state index contributed by atoms with van der Waals surface area (Å²) >= 11 is 1.57. The van der Waals surface area contributed by atoms with Crippen molar-refractivity contribution in [3.05, 3.63) is 36.5 Å². The number of allylic oxidation sites excluding steroid dienone is 1. The van der Waals surface area contributed by atoms with E-state index in [1.54, 1.807) is 11.8 Å². The zero-order valence-electron chi connectivity index (χ0n) is 15.7. The average Bonchev–Trinajstić information content (AvgIpc) is 3.44. The van der Waals surface area contributed by atoms with Crippen LogP contribution in [-0.4, -0.2) is 36.9 Å². The number of aromatic nitrogens is 5. The average molecular weight is 397 g/mol. The molecule has 1 fully saturated rings. The summed E-state index contributed by atoms with van der Waals surface area (Å²) in [4.78, 5) is 12.3. The van der Waals surface area contributed by atoms with E-state index in [1.807, 2.05) is 18.3 Å². The van der Waals surface area contributed by atoms with E-state index in [0.29, 0.717) is 17.5 Å². The maximum Gasteiger partial charge on any atom is 0.230 e. The number of nitrogens with one attached hydrogen (secondary N) is 2. The second kappa shape index (κ2) is 9.05. The first-order valence-electron chi connectivity index (χ1n) is 9.71. The Kier molecular flexibility index (Phi) is 6.06. The van der Waals surface area contributed by atoms with Crippen molar-refractivity contribution in [3.63, 3.8) is 0 Å². The van der Waals surface area contributed by atoms with Crippen LogP contribution in [0.2, 0.25) is 0 Å². The Bertz CT molecular complexity index is 943. The minimum atomic E-state index is 0.124. The van der Waals surface area contributed by atoms with Gasteiger partial charge in [0.1, 0.15) is 0 Å². The molecule has 7 nitrogen and oxygen atoms in total. The zero-order chi connectivity index (χ0) is 19.2. The molecule has 1 amide bonds. The number of tetrazole rings is 1. The number of carbonyl (C=O) groups is 1. The van der Waals surface area contributed by atoms with Crippen LogP contribution in [0.1, 0.15) is 38.5 Å². The van der Waals surface area contributed by atoms with Crippen molar-refractivity contribution in [2.45, 2.75) is 43.7 Å². The summed E-state index contributed by atoms with van der Waals surface area (Å²) < 4.78 is 2.08. The summed E-state index contributed by atoms with van der Waals surface area (Å²) in [6, 6.07) is 8.15. The van der Waals surface area contributed by atoms with Crippen molar-refractivity contribution >= 4 is 40.5 Å². The molecule has 1 aliphatic carbocycles. The van der Waals surface area contributed by atoms with Gasteiger partial charge < -0.3 is 9.88 Å². The number of aromatic amines is 1. The molecule has 2 aromatic heterocycles. The molecule has 0 bridgehead atoms. The Labute approximate surface area is 168 Å². The van der Waals surface area contributed by atoms with Crippen LogP contribution in [0.25, 0.3) is 17.1 Å². The van der Waals surface area contributed by atoms with Crippen LogP contribution in [0.3, 0.4) is 0 Å². The number of hydrogen-bond acceptors (Lipinski definition) is 5. The van der Waals surface area contributed by atoms with Crippen LogP contribution in [-0.2, 0) is 4.79 Å². The molecule has 0 aliphatic heterocycles. The first-order valence-corrected chi connectivity index (χ1v) is 10.7. The Morgan fingerprint density at radius 3 is 3.04 bits per heavy atom. The number of amides is 1. The number of fused-ring (bicyclic) bond motifs is 1. The third kappa shape index (κ3) is 4.81. The normalized spacial score (nSPS) is 15.0. The molecule has 2 N–H and O–H groups in total. The lowest BCUT2D eigenvalue weighted by atomic mass is 10.0. The fourth-order valence-electron chi connectivity index (χ4n) is 3.67. The van der Waals surface area contributed by atoms with Crippen LogP contribution in [0.5, 0.6) is 0 Å². The van der Waals surface area contributed by atoms with E-state index in [2.05, 4.69) is 54.9 Å². The summed E-state index contributed by atoms with van der Waals surface area (Å²) in [5, 5.41) is 18.7. The van der Waals surface area contributed by atoms with Gasteiger partial charge in [0.25, 0.3) is 0 Å². The van der Waals surface area contributed by atoms with E-state index in [9.17, 15) is 4.79 Å². The monoisotopic (exact) mass is 396 g/mol. The quantitative estimate of drug-likeness (QED) is 0.437. The maximum atomic E-state index is 12.3. The Balaban J connectivity index is 1.35. The predicted molar refractivity (Wildman–Crippen MR) is 112 cm³/mol. The molecule has 0 atom stereocenters. The molecule has 0 spiro atoms. The molecule has 0 radical (unpaired) electrons. The molecule has 28 heavy (non-hydrogen) atoms. The Morgan fingerprint density at radius 2 is 2.21 bits per heavy atom. The first-order chi connectivity index (χ1) is 13.8. The highest BCUT2D eigenvalue weighted by atomic mass is 32.2. The van der Waals surface area contributed by atoms with E-state index < -0.39 is 0 Å². The highest BCUT2D eigenvalue weighted by Crippen LogP contribution is 2.28. The topological polar surface area (TPSA) is 88.5 Å². The lowest BCUT2D eigenvalue weighted by molar-refractivity contribution is -0.117. The number of carbonyl (C=O) groups excluding carboxylic acids is 1. The molecule has 146 valence electrons. The molecule has 1 aliphatic rings. The van der Waals surface area contributed by atoms with E-state index in [-0.39, 0.29) is 5.91 Å². The van der Waals surface area contributed by atoms with E-state index >= 15 is 0 Å². The number of hydrogen-bond donors (Lipinski definition) is 2. The number of rotatable bonds is 8. The molecule has 0 unspecified atom stereocenters. The van der Waals surface area contributed by atoms with Gasteiger partial charge >= 0.3 is 0 Å². The van der Waals surface area contributed by atoms with Gasteiger partial charge in [-0.1, -0.05) is 36.7 Å².